The lowest BCUT2D eigenvalue weighted by atomic mass is 9.76. The number of hydrogen-bond donors (Lipinski definition) is 0. The van der Waals surface area contributed by atoms with Crippen LogP contribution >= 0.6 is 11.6 Å². The van der Waals surface area contributed by atoms with E-state index in [0.717, 1.165) is 6.07 Å². The van der Waals surface area contributed by atoms with Gasteiger partial charge in [-0.3, -0.25) is 0 Å². The zero-order valence-electron chi connectivity index (χ0n) is 9.86. The summed E-state index contributed by atoms with van der Waals surface area (Å²) >= 11 is 5.94. The summed E-state index contributed by atoms with van der Waals surface area (Å²) in [6.45, 7) is 6.14. The molecule has 0 nitrogen and oxygen atoms in total. The first kappa shape index (κ1) is 13.4. The molecule has 90 valence electrons. The molecule has 0 aromatic heterocycles. The van der Waals surface area contributed by atoms with Crippen LogP contribution < -0.4 is 0 Å². The van der Waals surface area contributed by atoms with E-state index < -0.39 is 11.6 Å². The molecule has 0 aliphatic rings. The first-order valence-corrected chi connectivity index (χ1v) is 5.92. The predicted octanol–water partition coefficient (Wildman–Crippen LogP) is 4.41. The van der Waals surface area contributed by atoms with Crippen LogP contribution in [-0.2, 0) is 6.42 Å². The highest BCUT2D eigenvalue weighted by molar-refractivity contribution is 6.18. The third-order valence-electron chi connectivity index (χ3n) is 3.31. The van der Waals surface area contributed by atoms with Crippen LogP contribution in [0.3, 0.4) is 0 Å². The van der Waals surface area contributed by atoms with Crippen molar-refractivity contribution in [3.8, 4) is 0 Å². The number of halogens is 3. The van der Waals surface area contributed by atoms with Crippen LogP contribution in [0.25, 0.3) is 0 Å². The Balaban J connectivity index is 2.95. The molecule has 0 N–H and O–H groups in total. The average molecular weight is 247 g/mol. The lowest BCUT2D eigenvalue weighted by molar-refractivity contribution is 0.250. The maximum atomic E-state index is 13.5. The minimum Gasteiger partial charge on any atom is -0.207 e. The van der Waals surface area contributed by atoms with E-state index in [1.165, 1.54) is 12.1 Å². The Labute approximate surface area is 101 Å². The Hall–Kier alpha value is -0.630. The Bertz CT molecular complexity index is 363. The van der Waals surface area contributed by atoms with Crippen molar-refractivity contribution < 1.29 is 8.78 Å². The highest BCUT2D eigenvalue weighted by Crippen LogP contribution is 2.33. The van der Waals surface area contributed by atoms with Gasteiger partial charge in [0.2, 0.25) is 0 Å². The normalized spacial score (nSPS) is 15.2. The van der Waals surface area contributed by atoms with Gasteiger partial charge in [-0.25, -0.2) is 8.78 Å². The summed E-state index contributed by atoms with van der Waals surface area (Å²) in [5.41, 5.74) is 0.360. The lowest BCUT2D eigenvalue weighted by Gasteiger charge is -2.31. The molecule has 0 spiro atoms. The van der Waals surface area contributed by atoms with Crippen LogP contribution in [0.15, 0.2) is 18.2 Å². The van der Waals surface area contributed by atoms with Crippen LogP contribution in [0, 0.1) is 23.0 Å². The van der Waals surface area contributed by atoms with Gasteiger partial charge in [0.05, 0.1) is 0 Å². The number of hydrogen-bond acceptors (Lipinski definition) is 0. The summed E-state index contributed by atoms with van der Waals surface area (Å²) in [7, 11) is 0. The van der Waals surface area contributed by atoms with Crippen LogP contribution in [0.5, 0.6) is 0 Å². The summed E-state index contributed by atoms with van der Waals surface area (Å²) in [5.74, 6) is -0.230. The van der Waals surface area contributed by atoms with Gasteiger partial charge < -0.3 is 0 Å². The molecule has 0 saturated carbocycles. The second-order valence-electron chi connectivity index (χ2n) is 4.85. The van der Waals surface area contributed by atoms with Crippen LogP contribution in [0.1, 0.15) is 26.3 Å². The topological polar surface area (TPSA) is 0 Å². The predicted molar refractivity (Wildman–Crippen MR) is 63.7 cm³/mol. The van der Waals surface area contributed by atoms with E-state index in [0.29, 0.717) is 23.8 Å². The first-order valence-electron chi connectivity index (χ1n) is 5.39. The molecule has 1 aromatic carbocycles. The van der Waals surface area contributed by atoms with Crippen molar-refractivity contribution in [3.63, 3.8) is 0 Å². The Morgan fingerprint density at radius 3 is 2.38 bits per heavy atom. The summed E-state index contributed by atoms with van der Waals surface area (Å²) in [6.07, 6.45) is 0.528. The second kappa shape index (κ2) is 5.13. The molecule has 1 rings (SSSR count). The highest BCUT2D eigenvalue weighted by Gasteiger charge is 2.28. The summed E-state index contributed by atoms with van der Waals surface area (Å²) in [4.78, 5) is 0. The monoisotopic (exact) mass is 246 g/mol. The second-order valence-corrected chi connectivity index (χ2v) is 5.12. The van der Waals surface area contributed by atoms with Gasteiger partial charge in [-0.2, -0.15) is 0 Å². The van der Waals surface area contributed by atoms with E-state index in [9.17, 15) is 8.78 Å². The quantitative estimate of drug-likeness (QED) is 0.691. The van der Waals surface area contributed by atoms with Gasteiger partial charge >= 0.3 is 0 Å². The number of rotatable bonds is 4. The fraction of sp³-hybridized carbons (Fsp3) is 0.538. The van der Waals surface area contributed by atoms with E-state index in [-0.39, 0.29) is 5.41 Å². The van der Waals surface area contributed by atoms with Crippen LogP contribution in [-0.4, -0.2) is 5.88 Å². The van der Waals surface area contributed by atoms with Gasteiger partial charge in [0.25, 0.3) is 0 Å². The van der Waals surface area contributed by atoms with Crippen molar-refractivity contribution in [2.45, 2.75) is 27.2 Å². The van der Waals surface area contributed by atoms with Gasteiger partial charge in [-0.1, -0.05) is 26.8 Å². The number of benzene rings is 1. The standard InChI is InChI=1S/C13H17ClF2/c1-9(2)13(3,8-14)7-10-4-5-11(15)6-12(10)16/h4-6,9H,7-8H2,1-3H3. The zero-order chi connectivity index (χ0) is 12.3. The van der Waals surface area contributed by atoms with Crippen molar-refractivity contribution in [2.75, 3.05) is 5.88 Å². The van der Waals surface area contributed by atoms with E-state index in [1.54, 1.807) is 0 Å². The van der Waals surface area contributed by atoms with Gasteiger partial charge in [0, 0.05) is 11.9 Å². The van der Waals surface area contributed by atoms with Crippen molar-refractivity contribution in [2.24, 2.45) is 11.3 Å². The van der Waals surface area contributed by atoms with Crippen molar-refractivity contribution in [1.29, 1.82) is 0 Å². The zero-order valence-corrected chi connectivity index (χ0v) is 10.6. The minimum absolute atomic E-state index is 0.166. The smallest absolute Gasteiger partial charge is 0.129 e. The molecule has 0 fully saturated rings. The van der Waals surface area contributed by atoms with Gasteiger partial charge in [-0.05, 0) is 29.4 Å². The van der Waals surface area contributed by atoms with E-state index >= 15 is 0 Å². The molecule has 3 heteroatoms. The molecule has 0 aliphatic heterocycles. The van der Waals surface area contributed by atoms with Crippen molar-refractivity contribution >= 4 is 11.6 Å². The molecule has 1 aromatic rings. The first-order chi connectivity index (χ1) is 7.39. The fourth-order valence-electron chi connectivity index (χ4n) is 1.51. The maximum absolute atomic E-state index is 13.5. The van der Waals surface area contributed by atoms with Gasteiger partial charge in [0.1, 0.15) is 11.6 Å². The van der Waals surface area contributed by atoms with Crippen LogP contribution in [0.2, 0.25) is 0 Å². The molecule has 1 unspecified atom stereocenters. The van der Waals surface area contributed by atoms with E-state index in [1.807, 2.05) is 6.92 Å². The largest absolute Gasteiger partial charge is 0.207 e. The SMILES string of the molecule is CC(C)C(C)(CCl)Cc1ccc(F)cc1F. The van der Waals surface area contributed by atoms with Crippen LogP contribution in [0.4, 0.5) is 8.78 Å². The molecule has 0 radical (unpaired) electrons. The molecule has 0 aliphatic carbocycles. The minimum atomic E-state index is -0.543. The molecule has 0 heterocycles. The molecular weight excluding hydrogens is 230 g/mol. The Kier molecular flexibility index (Phi) is 4.31. The molecule has 0 amide bonds. The average Bonchev–Trinajstić information content (AvgIpc) is 2.22. The van der Waals surface area contributed by atoms with Crippen molar-refractivity contribution in [1.82, 2.24) is 0 Å². The third-order valence-corrected chi connectivity index (χ3v) is 3.92. The molecular formula is C13H17ClF2. The summed E-state index contributed by atoms with van der Waals surface area (Å²) in [6, 6.07) is 3.70. The fourth-order valence-corrected chi connectivity index (χ4v) is 1.91. The number of alkyl halides is 1. The lowest BCUT2D eigenvalue weighted by Crippen LogP contribution is -2.28. The van der Waals surface area contributed by atoms with Gasteiger partial charge in [-0.15, -0.1) is 11.6 Å². The maximum Gasteiger partial charge on any atom is 0.129 e. The highest BCUT2D eigenvalue weighted by atomic mass is 35.5. The Morgan fingerprint density at radius 1 is 1.31 bits per heavy atom. The molecule has 0 bridgehead atoms. The molecule has 0 saturated heterocycles. The summed E-state index contributed by atoms with van der Waals surface area (Å²) in [5, 5.41) is 0. The Morgan fingerprint density at radius 2 is 1.94 bits per heavy atom. The summed E-state index contributed by atoms with van der Waals surface area (Å²) < 4.78 is 26.3. The van der Waals surface area contributed by atoms with Gasteiger partial charge in [0.15, 0.2) is 0 Å². The molecule has 16 heavy (non-hydrogen) atoms. The van der Waals surface area contributed by atoms with E-state index in [4.69, 9.17) is 11.6 Å². The third kappa shape index (κ3) is 2.94. The molecule has 1 atom stereocenters. The van der Waals surface area contributed by atoms with E-state index in [2.05, 4.69) is 13.8 Å². The van der Waals surface area contributed by atoms with Crippen molar-refractivity contribution in [3.05, 3.63) is 35.4 Å².